The lowest BCUT2D eigenvalue weighted by molar-refractivity contribution is -0.131. The Labute approximate surface area is 122 Å². The zero-order chi connectivity index (χ0) is 15.4. The molecular weight excluding hydrogens is 274 g/mol. The number of aromatic nitrogens is 1. The predicted molar refractivity (Wildman–Crippen MR) is 73.9 cm³/mol. The number of carbonyl (C=O) groups is 3. The van der Waals surface area contributed by atoms with E-state index in [9.17, 15) is 14.4 Å². The molecule has 7 nitrogen and oxygen atoms in total. The van der Waals surface area contributed by atoms with Crippen LogP contribution in [0.3, 0.4) is 0 Å². The van der Waals surface area contributed by atoms with Crippen molar-refractivity contribution in [3.8, 4) is 0 Å². The average molecular weight is 291 g/mol. The van der Waals surface area contributed by atoms with Crippen molar-refractivity contribution in [3.63, 3.8) is 0 Å². The first-order valence-corrected chi connectivity index (χ1v) is 6.78. The second-order valence-electron chi connectivity index (χ2n) is 4.96. The molecule has 1 aromatic heterocycles. The van der Waals surface area contributed by atoms with Crippen molar-refractivity contribution in [2.45, 2.75) is 25.8 Å². The predicted octanol–water partition coefficient (Wildman–Crippen LogP) is 0.520. The van der Waals surface area contributed by atoms with Crippen LogP contribution in [0.2, 0.25) is 0 Å². The fourth-order valence-electron chi connectivity index (χ4n) is 2.20. The molecule has 2 amide bonds. The maximum atomic E-state index is 12.1. The highest BCUT2D eigenvalue weighted by Crippen LogP contribution is 2.09. The largest absolute Gasteiger partial charge is 0.478 e. The molecule has 1 atom stereocenters. The minimum absolute atomic E-state index is 0.00717. The summed E-state index contributed by atoms with van der Waals surface area (Å²) in [7, 11) is 0. The first-order valence-electron chi connectivity index (χ1n) is 6.78. The maximum Gasteiger partial charge on any atom is 0.337 e. The summed E-state index contributed by atoms with van der Waals surface area (Å²) in [6.07, 6.45) is 3.10. The van der Waals surface area contributed by atoms with E-state index in [4.69, 9.17) is 5.11 Å². The van der Waals surface area contributed by atoms with Gasteiger partial charge in [0.05, 0.1) is 5.56 Å². The Hall–Kier alpha value is -2.44. The van der Waals surface area contributed by atoms with Crippen molar-refractivity contribution in [2.24, 2.45) is 0 Å². The third kappa shape index (κ3) is 3.56. The molecule has 2 rings (SSSR count). The third-order valence-corrected chi connectivity index (χ3v) is 3.38. The quantitative estimate of drug-likeness (QED) is 0.842. The molecule has 1 aromatic rings. The zero-order valence-electron chi connectivity index (χ0n) is 11.7. The highest BCUT2D eigenvalue weighted by Gasteiger charge is 2.24. The standard InChI is InChI=1S/C14H17N3O4/c1-9(13(19)17-6-2-3-7-17)16-12(18)11-5-4-10(8-15-11)14(20)21/h4-5,8-9H,2-3,6-7H2,1H3,(H,16,18)(H,20,21). The molecule has 2 N–H and O–H groups in total. The molecule has 0 aromatic carbocycles. The number of pyridine rings is 1. The van der Waals surface area contributed by atoms with Gasteiger partial charge in [0.1, 0.15) is 11.7 Å². The van der Waals surface area contributed by atoms with E-state index in [1.165, 1.54) is 12.1 Å². The van der Waals surface area contributed by atoms with Crippen molar-refractivity contribution in [1.29, 1.82) is 0 Å². The smallest absolute Gasteiger partial charge is 0.337 e. The number of nitrogens with zero attached hydrogens (tertiary/aromatic N) is 2. The summed E-state index contributed by atoms with van der Waals surface area (Å²) in [5.74, 6) is -1.71. The van der Waals surface area contributed by atoms with Gasteiger partial charge in [-0.2, -0.15) is 0 Å². The van der Waals surface area contributed by atoms with Crippen LogP contribution in [-0.4, -0.2) is 51.9 Å². The molecule has 0 radical (unpaired) electrons. The molecule has 1 fully saturated rings. The van der Waals surface area contributed by atoms with Gasteiger partial charge in [-0.05, 0) is 31.9 Å². The molecular formula is C14H17N3O4. The van der Waals surface area contributed by atoms with E-state index in [-0.39, 0.29) is 17.2 Å². The number of carbonyl (C=O) groups excluding carboxylic acids is 2. The minimum atomic E-state index is -1.10. The van der Waals surface area contributed by atoms with Gasteiger partial charge in [0.15, 0.2) is 0 Å². The normalized spacial score (nSPS) is 15.6. The number of likely N-dealkylation sites (tertiary alicyclic amines) is 1. The van der Waals surface area contributed by atoms with E-state index in [1.54, 1.807) is 11.8 Å². The SMILES string of the molecule is CC(NC(=O)c1ccc(C(=O)O)cn1)C(=O)N1CCCC1. The van der Waals surface area contributed by atoms with E-state index >= 15 is 0 Å². The molecule has 21 heavy (non-hydrogen) atoms. The lowest BCUT2D eigenvalue weighted by Gasteiger charge is -2.20. The van der Waals surface area contributed by atoms with Crippen LogP contribution in [-0.2, 0) is 4.79 Å². The van der Waals surface area contributed by atoms with Crippen LogP contribution in [0.4, 0.5) is 0 Å². The summed E-state index contributed by atoms with van der Waals surface area (Å²) in [5.41, 5.74) is 0.0915. The molecule has 0 saturated carbocycles. The van der Waals surface area contributed by atoms with Gasteiger partial charge in [0.2, 0.25) is 5.91 Å². The topological polar surface area (TPSA) is 99.6 Å². The lowest BCUT2D eigenvalue weighted by atomic mass is 10.2. The molecule has 1 unspecified atom stereocenters. The Morgan fingerprint density at radius 1 is 1.29 bits per heavy atom. The molecule has 112 valence electrons. The molecule has 0 aliphatic carbocycles. The molecule has 0 bridgehead atoms. The number of hydrogen-bond donors (Lipinski definition) is 2. The number of amides is 2. The fraction of sp³-hybridized carbons (Fsp3) is 0.429. The van der Waals surface area contributed by atoms with Crippen LogP contribution in [0.25, 0.3) is 0 Å². The number of aromatic carboxylic acids is 1. The van der Waals surface area contributed by atoms with Crippen LogP contribution in [0.1, 0.15) is 40.6 Å². The molecule has 1 aliphatic rings. The lowest BCUT2D eigenvalue weighted by Crippen LogP contribution is -2.46. The Morgan fingerprint density at radius 2 is 1.95 bits per heavy atom. The van der Waals surface area contributed by atoms with Gasteiger partial charge >= 0.3 is 5.97 Å². The number of nitrogens with one attached hydrogen (secondary N) is 1. The van der Waals surface area contributed by atoms with Crippen LogP contribution in [0, 0.1) is 0 Å². The van der Waals surface area contributed by atoms with Crippen molar-refractivity contribution >= 4 is 17.8 Å². The summed E-state index contributed by atoms with van der Waals surface area (Å²) in [4.78, 5) is 40.3. The molecule has 2 heterocycles. The summed E-state index contributed by atoms with van der Waals surface area (Å²) in [6, 6.07) is 2.00. The Balaban J connectivity index is 1.96. The van der Waals surface area contributed by atoms with Crippen LogP contribution >= 0.6 is 0 Å². The van der Waals surface area contributed by atoms with Crippen molar-refractivity contribution in [1.82, 2.24) is 15.2 Å². The maximum absolute atomic E-state index is 12.1. The van der Waals surface area contributed by atoms with Gasteiger partial charge in [-0.15, -0.1) is 0 Å². The fourth-order valence-corrected chi connectivity index (χ4v) is 2.20. The Bertz CT molecular complexity index is 550. The highest BCUT2D eigenvalue weighted by atomic mass is 16.4. The first-order chi connectivity index (χ1) is 9.99. The Morgan fingerprint density at radius 3 is 2.48 bits per heavy atom. The summed E-state index contributed by atoms with van der Waals surface area (Å²) < 4.78 is 0. The van der Waals surface area contributed by atoms with Crippen LogP contribution < -0.4 is 5.32 Å². The minimum Gasteiger partial charge on any atom is -0.478 e. The van der Waals surface area contributed by atoms with E-state index in [1.807, 2.05) is 0 Å². The Kier molecular flexibility index (Phi) is 4.52. The number of carboxylic acids is 1. The van der Waals surface area contributed by atoms with Gasteiger partial charge in [-0.25, -0.2) is 4.79 Å². The highest BCUT2D eigenvalue weighted by molar-refractivity contribution is 5.96. The van der Waals surface area contributed by atoms with Gasteiger partial charge in [-0.3, -0.25) is 14.6 Å². The van der Waals surface area contributed by atoms with Gasteiger partial charge in [0.25, 0.3) is 5.91 Å². The van der Waals surface area contributed by atoms with Crippen molar-refractivity contribution in [3.05, 3.63) is 29.6 Å². The average Bonchev–Trinajstić information content (AvgIpc) is 3.00. The number of carboxylic acid groups (broad SMARTS) is 1. The van der Waals surface area contributed by atoms with Gasteiger partial charge < -0.3 is 15.3 Å². The molecule has 0 spiro atoms. The number of hydrogen-bond acceptors (Lipinski definition) is 4. The number of rotatable bonds is 4. The van der Waals surface area contributed by atoms with E-state index in [0.29, 0.717) is 0 Å². The van der Waals surface area contributed by atoms with Crippen LogP contribution in [0.5, 0.6) is 0 Å². The second kappa shape index (κ2) is 6.34. The summed E-state index contributed by atoms with van der Waals surface area (Å²) in [5, 5.41) is 11.3. The van der Waals surface area contributed by atoms with Crippen molar-refractivity contribution < 1.29 is 19.5 Å². The first kappa shape index (κ1) is 15.0. The van der Waals surface area contributed by atoms with E-state index in [0.717, 1.165) is 32.1 Å². The van der Waals surface area contributed by atoms with Crippen molar-refractivity contribution in [2.75, 3.05) is 13.1 Å². The molecule has 1 aliphatic heterocycles. The van der Waals surface area contributed by atoms with Crippen LogP contribution in [0.15, 0.2) is 18.3 Å². The third-order valence-electron chi connectivity index (χ3n) is 3.38. The van der Waals surface area contributed by atoms with E-state index in [2.05, 4.69) is 10.3 Å². The second-order valence-corrected chi connectivity index (χ2v) is 4.96. The molecule has 7 heteroatoms. The summed E-state index contributed by atoms with van der Waals surface area (Å²) in [6.45, 7) is 3.08. The van der Waals surface area contributed by atoms with Gasteiger partial charge in [0, 0.05) is 19.3 Å². The monoisotopic (exact) mass is 291 g/mol. The van der Waals surface area contributed by atoms with E-state index < -0.39 is 17.9 Å². The molecule has 1 saturated heterocycles. The van der Waals surface area contributed by atoms with Gasteiger partial charge in [-0.1, -0.05) is 0 Å². The zero-order valence-corrected chi connectivity index (χ0v) is 11.7. The summed E-state index contributed by atoms with van der Waals surface area (Å²) >= 11 is 0.